The third-order valence-electron chi connectivity index (χ3n) is 3.49. The number of methoxy groups -OCH3 is 2. The molecule has 9 heteroatoms. The Kier molecular flexibility index (Phi) is 5.41. The number of hydrogen-bond donors (Lipinski definition) is 1. The molecule has 0 spiro atoms. The van der Waals surface area contributed by atoms with Crippen LogP contribution < -0.4 is 18.9 Å². The third kappa shape index (κ3) is 4.45. The van der Waals surface area contributed by atoms with Crippen LogP contribution in [0.2, 0.25) is 0 Å². The van der Waals surface area contributed by atoms with Gasteiger partial charge in [0, 0.05) is 6.07 Å². The lowest BCUT2D eigenvalue weighted by molar-refractivity contribution is 0.392. The number of ether oxygens (including phenoxy) is 3. The van der Waals surface area contributed by atoms with Gasteiger partial charge in [0.1, 0.15) is 22.1 Å². The first kappa shape index (κ1) is 18.5. The molecule has 0 fully saturated rings. The van der Waals surface area contributed by atoms with Crippen LogP contribution in [0.15, 0.2) is 65.8 Å². The Morgan fingerprint density at radius 1 is 0.889 bits per heavy atom. The molecule has 0 aliphatic rings. The number of hydrogen-bond acceptors (Lipinski definition) is 7. The summed E-state index contributed by atoms with van der Waals surface area (Å²) < 4.78 is 43.5. The van der Waals surface area contributed by atoms with Crippen LogP contribution in [0, 0.1) is 0 Å². The van der Waals surface area contributed by atoms with E-state index in [1.807, 2.05) is 18.2 Å². The van der Waals surface area contributed by atoms with Crippen LogP contribution in [0.5, 0.6) is 23.3 Å². The van der Waals surface area contributed by atoms with Gasteiger partial charge in [-0.15, -0.1) is 0 Å². The lowest BCUT2D eigenvalue weighted by atomic mass is 10.3. The Balaban J connectivity index is 1.80. The van der Waals surface area contributed by atoms with Crippen LogP contribution in [-0.2, 0) is 10.0 Å². The molecular formula is C18H17N3O5S. The molecule has 0 aliphatic carbocycles. The fraction of sp³-hybridized carbons (Fsp3) is 0.111. The highest BCUT2D eigenvalue weighted by molar-refractivity contribution is 7.92. The van der Waals surface area contributed by atoms with Gasteiger partial charge in [0.2, 0.25) is 0 Å². The van der Waals surface area contributed by atoms with Crippen molar-refractivity contribution in [2.45, 2.75) is 4.90 Å². The lowest BCUT2D eigenvalue weighted by Crippen LogP contribution is -2.14. The van der Waals surface area contributed by atoms with Gasteiger partial charge < -0.3 is 14.2 Å². The van der Waals surface area contributed by atoms with Crippen molar-refractivity contribution in [3.8, 4) is 23.3 Å². The van der Waals surface area contributed by atoms with E-state index in [0.29, 0.717) is 11.5 Å². The highest BCUT2D eigenvalue weighted by atomic mass is 32.2. The summed E-state index contributed by atoms with van der Waals surface area (Å²) in [6, 6.07) is 13.6. The van der Waals surface area contributed by atoms with Gasteiger partial charge >= 0.3 is 6.01 Å². The van der Waals surface area contributed by atoms with Gasteiger partial charge in [-0.05, 0) is 24.3 Å². The van der Waals surface area contributed by atoms with E-state index in [0.717, 1.165) is 0 Å². The molecule has 1 N–H and O–H groups in total. The highest BCUT2D eigenvalue weighted by Gasteiger charge is 2.21. The monoisotopic (exact) mass is 387 g/mol. The molecule has 1 heterocycles. The third-order valence-corrected chi connectivity index (χ3v) is 4.90. The summed E-state index contributed by atoms with van der Waals surface area (Å²) >= 11 is 0. The van der Waals surface area contributed by atoms with Crippen LogP contribution in [0.3, 0.4) is 0 Å². The van der Waals surface area contributed by atoms with E-state index >= 15 is 0 Å². The summed E-state index contributed by atoms with van der Waals surface area (Å²) in [5, 5.41) is 0. The Morgan fingerprint density at radius 2 is 1.59 bits per heavy atom. The normalized spacial score (nSPS) is 10.9. The summed E-state index contributed by atoms with van der Waals surface area (Å²) in [4.78, 5) is 7.96. The van der Waals surface area contributed by atoms with Crippen molar-refractivity contribution in [3.63, 3.8) is 0 Å². The van der Waals surface area contributed by atoms with E-state index in [4.69, 9.17) is 14.2 Å². The predicted octanol–water partition coefficient (Wildman–Crippen LogP) is 3.09. The average Bonchev–Trinajstić information content (AvgIpc) is 2.69. The SMILES string of the molecule is COc1ccc(OC)c(S(=O)(=O)Nc2cnc(Oc3ccccc3)nc2)c1. The van der Waals surface area contributed by atoms with Crippen LogP contribution in [0.1, 0.15) is 0 Å². The topological polar surface area (TPSA) is 99.6 Å². The zero-order valence-electron chi connectivity index (χ0n) is 14.6. The van der Waals surface area contributed by atoms with Crippen molar-refractivity contribution in [1.82, 2.24) is 9.97 Å². The highest BCUT2D eigenvalue weighted by Crippen LogP contribution is 2.29. The molecule has 0 saturated heterocycles. The van der Waals surface area contributed by atoms with Crippen LogP contribution in [0.25, 0.3) is 0 Å². The zero-order chi connectivity index (χ0) is 19.3. The second-order valence-electron chi connectivity index (χ2n) is 5.29. The second kappa shape index (κ2) is 7.92. The largest absolute Gasteiger partial charge is 0.497 e. The number of aromatic nitrogens is 2. The molecule has 0 radical (unpaired) electrons. The van der Waals surface area contributed by atoms with Crippen LogP contribution in [-0.4, -0.2) is 32.6 Å². The van der Waals surface area contributed by atoms with Crippen molar-refractivity contribution in [2.24, 2.45) is 0 Å². The molecule has 1 aromatic heterocycles. The quantitative estimate of drug-likeness (QED) is 0.665. The van der Waals surface area contributed by atoms with Gasteiger partial charge in [0.15, 0.2) is 0 Å². The van der Waals surface area contributed by atoms with E-state index in [-0.39, 0.29) is 22.3 Å². The number of rotatable bonds is 7. The molecule has 0 aliphatic heterocycles. The number of nitrogens with zero attached hydrogens (tertiary/aromatic N) is 2. The molecule has 3 aromatic rings. The summed E-state index contributed by atoms with van der Waals surface area (Å²) in [6.45, 7) is 0. The predicted molar refractivity (Wildman–Crippen MR) is 98.9 cm³/mol. The van der Waals surface area contributed by atoms with Gasteiger partial charge in [-0.2, -0.15) is 0 Å². The van der Waals surface area contributed by atoms with E-state index < -0.39 is 10.0 Å². The molecule has 140 valence electrons. The molecule has 0 bridgehead atoms. The van der Waals surface area contributed by atoms with Gasteiger partial charge in [0.05, 0.1) is 32.3 Å². The lowest BCUT2D eigenvalue weighted by Gasteiger charge is -2.12. The summed E-state index contributed by atoms with van der Waals surface area (Å²) in [7, 11) is -1.10. The van der Waals surface area contributed by atoms with E-state index in [1.54, 1.807) is 18.2 Å². The maximum Gasteiger partial charge on any atom is 0.322 e. The first-order chi connectivity index (χ1) is 13.0. The van der Waals surface area contributed by atoms with Crippen molar-refractivity contribution < 1.29 is 22.6 Å². The molecule has 3 rings (SSSR count). The fourth-order valence-electron chi connectivity index (χ4n) is 2.22. The maximum absolute atomic E-state index is 12.7. The van der Waals surface area contributed by atoms with Crippen LogP contribution in [0.4, 0.5) is 5.69 Å². The van der Waals surface area contributed by atoms with Crippen molar-refractivity contribution in [3.05, 3.63) is 60.9 Å². The Bertz CT molecular complexity index is 1010. The molecule has 0 unspecified atom stereocenters. The van der Waals surface area contributed by atoms with E-state index in [2.05, 4.69) is 14.7 Å². The first-order valence-electron chi connectivity index (χ1n) is 7.81. The number of benzene rings is 2. The van der Waals surface area contributed by atoms with Gasteiger partial charge in [0.25, 0.3) is 10.0 Å². The molecule has 8 nitrogen and oxygen atoms in total. The molecule has 0 atom stereocenters. The molecule has 27 heavy (non-hydrogen) atoms. The Morgan fingerprint density at radius 3 is 2.22 bits per heavy atom. The zero-order valence-corrected chi connectivity index (χ0v) is 15.4. The van der Waals surface area contributed by atoms with Gasteiger partial charge in [-0.3, -0.25) is 4.72 Å². The van der Waals surface area contributed by atoms with E-state index in [9.17, 15) is 8.42 Å². The minimum atomic E-state index is -3.94. The molecular weight excluding hydrogens is 370 g/mol. The van der Waals surface area contributed by atoms with Crippen molar-refractivity contribution in [1.29, 1.82) is 0 Å². The number of para-hydroxylation sites is 1. The average molecular weight is 387 g/mol. The molecule has 2 aromatic carbocycles. The Hall–Kier alpha value is -3.33. The minimum Gasteiger partial charge on any atom is -0.497 e. The minimum absolute atomic E-state index is 0.0611. The van der Waals surface area contributed by atoms with Crippen molar-refractivity contribution >= 4 is 15.7 Å². The van der Waals surface area contributed by atoms with Gasteiger partial charge in [-0.1, -0.05) is 18.2 Å². The number of anilines is 1. The molecule has 0 amide bonds. The first-order valence-corrected chi connectivity index (χ1v) is 9.30. The van der Waals surface area contributed by atoms with Crippen molar-refractivity contribution in [2.75, 3.05) is 18.9 Å². The Labute approximate surface area is 156 Å². The second-order valence-corrected chi connectivity index (χ2v) is 6.94. The van der Waals surface area contributed by atoms with E-state index in [1.165, 1.54) is 38.7 Å². The summed E-state index contributed by atoms with van der Waals surface area (Å²) in [5.41, 5.74) is 0.181. The number of nitrogens with one attached hydrogen (secondary N) is 1. The molecule has 0 saturated carbocycles. The van der Waals surface area contributed by atoms with Crippen LogP contribution >= 0.6 is 0 Å². The maximum atomic E-state index is 12.7. The fourth-order valence-corrected chi connectivity index (χ4v) is 3.43. The summed E-state index contributed by atoms with van der Waals surface area (Å²) in [5.74, 6) is 1.15. The van der Waals surface area contributed by atoms with Gasteiger partial charge in [-0.25, -0.2) is 18.4 Å². The smallest absolute Gasteiger partial charge is 0.322 e. The summed E-state index contributed by atoms with van der Waals surface area (Å²) in [6.07, 6.45) is 2.63. The standard InChI is InChI=1S/C18H17N3O5S/c1-24-15-8-9-16(25-2)17(10-15)27(22,23)21-13-11-19-18(20-12-13)26-14-6-4-3-5-7-14/h3-12,21H,1-2H3. The number of sulfonamides is 1.